The number of anilines is 1. The van der Waals surface area contributed by atoms with E-state index >= 15 is 0 Å². The maximum absolute atomic E-state index is 12.3. The van der Waals surface area contributed by atoms with Crippen molar-refractivity contribution in [2.24, 2.45) is 5.92 Å². The molecule has 1 aliphatic heterocycles. The summed E-state index contributed by atoms with van der Waals surface area (Å²) in [5.41, 5.74) is 1.22. The average molecular weight is 314 g/mol. The Labute approximate surface area is 135 Å². The average Bonchev–Trinajstić information content (AvgIpc) is 3.00. The van der Waals surface area contributed by atoms with Crippen LogP contribution in [-0.2, 0) is 4.79 Å². The van der Waals surface area contributed by atoms with E-state index < -0.39 is 0 Å². The molecule has 0 bridgehead atoms. The first kappa shape index (κ1) is 15.7. The molecule has 1 amide bonds. The predicted octanol–water partition coefficient (Wildman–Crippen LogP) is 2.79. The van der Waals surface area contributed by atoms with Gasteiger partial charge in [0.25, 0.3) is 0 Å². The van der Waals surface area contributed by atoms with E-state index in [1.54, 1.807) is 19.2 Å². The summed E-state index contributed by atoms with van der Waals surface area (Å²) in [5, 5.41) is 6.65. The molecule has 1 atom stereocenters. The van der Waals surface area contributed by atoms with Crippen molar-refractivity contribution in [3.63, 3.8) is 0 Å². The maximum Gasteiger partial charge on any atom is 0.228 e. The molecule has 0 aliphatic carbocycles. The summed E-state index contributed by atoms with van der Waals surface area (Å²) in [4.78, 5) is 18.9. The number of hydrogen-bond donors (Lipinski definition) is 1. The molecular weight excluding hydrogens is 292 g/mol. The second-order valence-electron chi connectivity index (χ2n) is 6.08. The molecule has 1 N–H and O–H groups in total. The highest BCUT2D eigenvalue weighted by Gasteiger charge is 2.28. The van der Waals surface area contributed by atoms with Crippen molar-refractivity contribution in [3.05, 3.63) is 41.9 Å². The van der Waals surface area contributed by atoms with Gasteiger partial charge in [0, 0.05) is 30.4 Å². The SMILES string of the molecule is Cc1cc(NC(=O)C2CCN([C@H](C)c3cccnc3)CC2)no1. The molecule has 6 nitrogen and oxygen atoms in total. The molecule has 6 heteroatoms. The van der Waals surface area contributed by atoms with Crippen LogP contribution >= 0.6 is 0 Å². The first-order valence-corrected chi connectivity index (χ1v) is 8.01. The summed E-state index contributed by atoms with van der Waals surface area (Å²) in [7, 11) is 0. The van der Waals surface area contributed by atoms with Crippen LogP contribution in [0.25, 0.3) is 0 Å². The lowest BCUT2D eigenvalue weighted by molar-refractivity contribution is -0.121. The molecule has 23 heavy (non-hydrogen) atoms. The van der Waals surface area contributed by atoms with Crippen LogP contribution in [-0.4, -0.2) is 34.0 Å². The smallest absolute Gasteiger partial charge is 0.228 e. The Morgan fingerprint density at radius 2 is 2.22 bits per heavy atom. The van der Waals surface area contributed by atoms with Gasteiger partial charge in [-0.1, -0.05) is 11.2 Å². The van der Waals surface area contributed by atoms with Gasteiger partial charge in [0.05, 0.1) is 0 Å². The van der Waals surface area contributed by atoms with Crippen LogP contribution in [0.2, 0.25) is 0 Å². The highest BCUT2D eigenvalue weighted by atomic mass is 16.5. The molecule has 0 saturated carbocycles. The van der Waals surface area contributed by atoms with Crippen molar-refractivity contribution < 1.29 is 9.32 Å². The minimum absolute atomic E-state index is 0.0318. The summed E-state index contributed by atoms with van der Waals surface area (Å²) in [6, 6.07) is 6.12. The second-order valence-corrected chi connectivity index (χ2v) is 6.08. The van der Waals surface area contributed by atoms with Gasteiger partial charge in [-0.25, -0.2) is 0 Å². The third kappa shape index (κ3) is 3.76. The molecule has 1 aliphatic rings. The number of carbonyl (C=O) groups is 1. The number of likely N-dealkylation sites (tertiary alicyclic amines) is 1. The van der Waals surface area contributed by atoms with E-state index in [9.17, 15) is 4.79 Å². The van der Waals surface area contributed by atoms with Gasteiger partial charge in [-0.05, 0) is 51.4 Å². The molecule has 3 heterocycles. The van der Waals surface area contributed by atoms with Gasteiger partial charge in [-0.2, -0.15) is 0 Å². The van der Waals surface area contributed by atoms with Gasteiger partial charge in [-0.3, -0.25) is 14.7 Å². The molecule has 1 fully saturated rings. The van der Waals surface area contributed by atoms with Crippen molar-refractivity contribution >= 4 is 11.7 Å². The highest BCUT2D eigenvalue weighted by molar-refractivity contribution is 5.91. The van der Waals surface area contributed by atoms with Crippen LogP contribution in [0.15, 0.2) is 35.1 Å². The Hall–Kier alpha value is -2.21. The number of aryl methyl sites for hydroxylation is 1. The number of pyridine rings is 1. The zero-order chi connectivity index (χ0) is 16.2. The number of piperidine rings is 1. The van der Waals surface area contributed by atoms with Gasteiger partial charge in [0.2, 0.25) is 5.91 Å². The van der Waals surface area contributed by atoms with Crippen molar-refractivity contribution in [1.82, 2.24) is 15.0 Å². The van der Waals surface area contributed by atoms with E-state index in [-0.39, 0.29) is 11.8 Å². The van der Waals surface area contributed by atoms with E-state index in [0.29, 0.717) is 17.6 Å². The zero-order valence-electron chi connectivity index (χ0n) is 13.5. The lowest BCUT2D eigenvalue weighted by Gasteiger charge is -2.35. The van der Waals surface area contributed by atoms with Gasteiger partial charge in [0.1, 0.15) is 5.76 Å². The Bertz CT molecular complexity index is 648. The molecule has 0 spiro atoms. The second kappa shape index (κ2) is 6.91. The first-order valence-electron chi connectivity index (χ1n) is 8.01. The minimum Gasteiger partial charge on any atom is -0.360 e. The van der Waals surface area contributed by atoms with Gasteiger partial charge >= 0.3 is 0 Å². The van der Waals surface area contributed by atoms with Crippen molar-refractivity contribution in [3.8, 4) is 0 Å². The summed E-state index contributed by atoms with van der Waals surface area (Å²) in [5.74, 6) is 1.26. The first-order chi connectivity index (χ1) is 11.1. The molecule has 0 radical (unpaired) electrons. The van der Waals surface area contributed by atoms with E-state index in [4.69, 9.17) is 4.52 Å². The maximum atomic E-state index is 12.3. The normalized spacial score (nSPS) is 17.8. The van der Waals surface area contributed by atoms with Crippen molar-refractivity contribution in [2.45, 2.75) is 32.7 Å². The van der Waals surface area contributed by atoms with Crippen LogP contribution in [0.4, 0.5) is 5.82 Å². The van der Waals surface area contributed by atoms with Crippen LogP contribution in [0.3, 0.4) is 0 Å². The predicted molar refractivity (Wildman–Crippen MR) is 86.8 cm³/mol. The van der Waals surface area contributed by atoms with E-state index in [1.165, 1.54) is 5.56 Å². The number of amides is 1. The number of carbonyl (C=O) groups excluding carboxylic acids is 1. The fourth-order valence-corrected chi connectivity index (χ4v) is 3.04. The summed E-state index contributed by atoms with van der Waals surface area (Å²) >= 11 is 0. The molecule has 1 saturated heterocycles. The number of hydrogen-bond acceptors (Lipinski definition) is 5. The Kier molecular flexibility index (Phi) is 4.71. The monoisotopic (exact) mass is 314 g/mol. The van der Waals surface area contributed by atoms with E-state index in [0.717, 1.165) is 25.9 Å². The molecular formula is C17H22N4O2. The molecule has 2 aromatic heterocycles. The van der Waals surface area contributed by atoms with E-state index in [1.807, 2.05) is 12.3 Å². The molecule has 2 aromatic rings. The lowest BCUT2D eigenvalue weighted by Crippen LogP contribution is -2.39. The van der Waals surface area contributed by atoms with Crippen molar-refractivity contribution in [2.75, 3.05) is 18.4 Å². The van der Waals surface area contributed by atoms with Crippen LogP contribution in [0.1, 0.15) is 37.1 Å². The number of rotatable bonds is 4. The fourth-order valence-electron chi connectivity index (χ4n) is 3.04. The third-order valence-corrected chi connectivity index (χ3v) is 4.49. The molecule has 0 aromatic carbocycles. The summed E-state index contributed by atoms with van der Waals surface area (Å²) in [6.45, 7) is 5.81. The molecule has 122 valence electrons. The summed E-state index contributed by atoms with van der Waals surface area (Å²) in [6.07, 6.45) is 5.41. The Morgan fingerprint density at radius 1 is 1.43 bits per heavy atom. The Morgan fingerprint density at radius 3 is 2.83 bits per heavy atom. The largest absolute Gasteiger partial charge is 0.360 e. The number of nitrogens with zero attached hydrogens (tertiary/aromatic N) is 3. The van der Waals surface area contributed by atoms with Crippen LogP contribution in [0, 0.1) is 12.8 Å². The number of aromatic nitrogens is 2. The number of nitrogens with one attached hydrogen (secondary N) is 1. The zero-order valence-corrected chi connectivity index (χ0v) is 13.5. The lowest BCUT2D eigenvalue weighted by atomic mass is 9.94. The van der Waals surface area contributed by atoms with Crippen LogP contribution in [0.5, 0.6) is 0 Å². The summed E-state index contributed by atoms with van der Waals surface area (Å²) < 4.78 is 4.97. The van der Waals surface area contributed by atoms with Crippen molar-refractivity contribution in [1.29, 1.82) is 0 Å². The fraction of sp³-hybridized carbons (Fsp3) is 0.471. The van der Waals surface area contributed by atoms with E-state index in [2.05, 4.69) is 33.3 Å². The molecule has 0 unspecified atom stereocenters. The Balaban J connectivity index is 1.53. The highest BCUT2D eigenvalue weighted by Crippen LogP contribution is 2.26. The standard InChI is InChI=1S/C17H22N4O2/c1-12-10-16(20-23-12)19-17(22)14-5-8-21(9-6-14)13(2)15-4-3-7-18-11-15/h3-4,7,10-11,13-14H,5-6,8-9H2,1-2H3,(H,19,20,22)/t13-/m1/s1. The molecule has 3 rings (SSSR count). The van der Waals surface area contributed by atoms with Crippen LogP contribution < -0.4 is 5.32 Å². The minimum atomic E-state index is 0.0318. The van der Waals surface area contributed by atoms with Gasteiger partial charge < -0.3 is 9.84 Å². The third-order valence-electron chi connectivity index (χ3n) is 4.49. The van der Waals surface area contributed by atoms with Gasteiger partial charge in [0.15, 0.2) is 5.82 Å². The van der Waals surface area contributed by atoms with Gasteiger partial charge in [-0.15, -0.1) is 0 Å². The quantitative estimate of drug-likeness (QED) is 0.939. The topological polar surface area (TPSA) is 71.3 Å².